The quantitative estimate of drug-likeness (QED) is 0.924. The van der Waals surface area contributed by atoms with Crippen molar-refractivity contribution in [3.8, 4) is 11.6 Å². The highest BCUT2D eigenvalue weighted by Crippen LogP contribution is 2.30. The molecule has 0 aliphatic heterocycles. The first-order valence-electron chi connectivity index (χ1n) is 6.79. The molecule has 0 spiro atoms. The van der Waals surface area contributed by atoms with Gasteiger partial charge in [-0.3, -0.25) is 0 Å². The monoisotopic (exact) mass is 271 g/mol. The number of hydrogen-bond acceptors (Lipinski definition) is 4. The molecule has 0 amide bonds. The summed E-state index contributed by atoms with van der Waals surface area (Å²) < 4.78 is 5.89. The minimum atomic E-state index is 0.0810. The van der Waals surface area contributed by atoms with Gasteiger partial charge in [-0.15, -0.1) is 0 Å². The molecule has 0 radical (unpaired) electrons. The number of hydrogen-bond donors (Lipinski definition) is 1. The van der Waals surface area contributed by atoms with Crippen molar-refractivity contribution < 1.29 is 4.74 Å². The molecular weight excluding hydrogens is 250 g/mol. The maximum Gasteiger partial charge on any atom is 0.227 e. The summed E-state index contributed by atoms with van der Waals surface area (Å²) in [5.41, 5.74) is 7.99. The third kappa shape index (κ3) is 3.07. The van der Waals surface area contributed by atoms with Crippen LogP contribution in [0.4, 0.5) is 5.82 Å². The Hall–Kier alpha value is -2.10. The van der Waals surface area contributed by atoms with Crippen LogP contribution in [0.1, 0.15) is 38.8 Å². The van der Waals surface area contributed by atoms with Gasteiger partial charge in [0.05, 0.1) is 5.56 Å². The molecule has 2 rings (SSSR count). The Kier molecular flexibility index (Phi) is 3.93. The van der Waals surface area contributed by atoms with Gasteiger partial charge in [0, 0.05) is 0 Å². The van der Waals surface area contributed by atoms with E-state index in [2.05, 4.69) is 36.8 Å². The number of nitrogens with zero attached hydrogens (tertiary/aromatic N) is 2. The van der Waals surface area contributed by atoms with E-state index in [1.54, 1.807) is 0 Å². The highest BCUT2D eigenvalue weighted by Gasteiger charge is 2.15. The highest BCUT2D eigenvalue weighted by atomic mass is 16.5. The number of nitrogen functional groups attached to an aromatic ring is 1. The zero-order valence-electron chi connectivity index (χ0n) is 12.5. The fourth-order valence-electron chi connectivity index (χ4n) is 1.97. The van der Waals surface area contributed by atoms with E-state index in [4.69, 9.17) is 10.5 Å². The zero-order chi connectivity index (χ0) is 14.8. The number of rotatable bonds is 3. The van der Waals surface area contributed by atoms with Gasteiger partial charge in [0.2, 0.25) is 5.88 Å². The molecule has 0 atom stereocenters. The minimum absolute atomic E-state index is 0.0810. The van der Waals surface area contributed by atoms with Crippen LogP contribution in [0, 0.1) is 0 Å². The van der Waals surface area contributed by atoms with Gasteiger partial charge in [-0.25, -0.2) is 9.97 Å². The second-order valence-electron chi connectivity index (χ2n) is 5.78. The average molecular weight is 271 g/mol. The third-order valence-corrected chi connectivity index (χ3v) is 3.21. The van der Waals surface area contributed by atoms with Crippen LogP contribution in [0.5, 0.6) is 11.6 Å². The Morgan fingerprint density at radius 3 is 2.60 bits per heavy atom. The van der Waals surface area contributed by atoms with E-state index in [1.807, 2.05) is 25.1 Å². The molecule has 0 unspecified atom stereocenters. The van der Waals surface area contributed by atoms with Crippen molar-refractivity contribution in [2.24, 2.45) is 0 Å². The Balaban J connectivity index is 2.34. The Morgan fingerprint density at radius 1 is 1.20 bits per heavy atom. The van der Waals surface area contributed by atoms with Crippen molar-refractivity contribution in [1.82, 2.24) is 9.97 Å². The molecule has 0 saturated heterocycles. The molecule has 2 aromatic rings. The predicted octanol–water partition coefficient (Wildman–Crippen LogP) is 3.71. The van der Waals surface area contributed by atoms with Crippen molar-refractivity contribution in [3.05, 3.63) is 41.7 Å². The number of benzene rings is 1. The highest BCUT2D eigenvalue weighted by molar-refractivity contribution is 5.46. The molecule has 0 aliphatic carbocycles. The molecule has 1 aromatic carbocycles. The first-order chi connectivity index (χ1) is 9.41. The van der Waals surface area contributed by atoms with Crippen molar-refractivity contribution in [1.29, 1.82) is 0 Å². The van der Waals surface area contributed by atoms with Gasteiger partial charge in [-0.2, -0.15) is 0 Å². The summed E-state index contributed by atoms with van der Waals surface area (Å²) in [5, 5.41) is 0. The Bertz CT molecular complexity index is 603. The van der Waals surface area contributed by atoms with E-state index in [9.17, 15) is 0 Å². The lowest BCUT2D eigenvalue weighted by Gasteiger charge is -2.19. The maximum absolute atomic E-state index is 5.89. The molecule has 1 aromatic heterocycles. The molecule has 4 nitrogen and oxygen atoms in total. The molecule has 1 heterocycles. The molecule has 0 fully saturated rings. The topological polar surface area (TPSA) is 61.0 Å². The summed E-state index contributed by atoms with van der Waals surface area (Å²) in [6.45, 7) is 8.53. The molecule has 20 heavy (non-hydrogen) atoms. The summed E-state index contributed by atoms with van der Waals surface area (Å²) >= 11 is 0. The fourth-order valence-corrected chi connectivity index (χ4v) is 1.97. The van der Waals surface area contributed by atoms with Gasteiger partial charge < -0.3 is 10.5 Å². The van der Waals surface area contributed by atoms with E-state index in [1.165, 1.54) is 11.9 Å². The summed E-state index contributed by atoms with van der Waals surface area (Å²) in [5.74, 6) is 1.78. The number of nitrogens with two attached hydrogens (primary N) is 1. The molecule has 0 bridgehead atoms. The maximum atomic E-state index is 5.89. The average Bonchev–Trinajstić information content (AvgIpc) is 2.38. The third-order valence-electron chi connectivity index (χ3n) is 3.21. The van der Waals surface area contributed by atoms with Gasteiger partial charge in [0.25, 0.3) is 0 Å². The predicted molar refractivity (Wildman–Crippen MR) is 81.0 cm³/mol. The van der Waals surface area contributed by atoms with Gasteiger partial charge in [-0.1, -0.05) is 39.8 Å². The number of ether oxygens (including phenoxy) is 1. The lowest BCUT2D eigenvalue weighted by atomic mass is 9.87. The van der Waals surface area contributed by atoms with E-state index < -0.39 is 0 Å². The van der Waals surface area contributed by atoms with E-state index in [0.29, 0.717) is 11.7 Å². The second kappa shape index (κ2) is 5.49. The summed E-state index contributed by atoms with van der Waals surface area (Å²) in [6.07, 6.45) is 2.17. The molecule has 0 aliphatic rings. The summed E-state index contributed by atoms with van der Waals surface area (Å²) in [4.78, 5) is 8.18. The largest absolute Gasteiger partial charge is 0.439 e. The first kappa shape index (κ1) is 14.3. The lowest BCUT2D eigenvalue weighted by Crippen LogP contribution is -2.10. The van der Waals surface area contributed by atoms with Crippen molar-refractivity contribution >= 4 is 5.82 Å². The van der Waals surface area contributed by atoms with Crippen LogP contribution in [0.3, 0.4) is 0 Å². The minimum Gasteiger partial charge on any atom is -0.439 e. The molecule has 0 saturated carbocycles. The number of aromatic nitrogens is 2. The fraction of sp³-hybridized carbons (Fsp3) is 0.375. The summed E-state index contributed by atoms with van der Waals surface area (Å²) in [7, 11) is 0. The molecular formula is C16H21N3O. The van der Waals surface area contributed by atoms with Crippen molar-refractivity contribution in [2.75, 3.05) is 5.73 Å². The molecule has 2 N–H and O–H groups in total. The van der Waals surface area contributed by atoms with Crippen LogP contribution >= 0.6 is 0 Å². The second-order valence-corrected chi connectivity index (χ2v) is 5.78. The lowest BCUT2D eigenvalue weighted by molar-refractivity contribution is 0.453. The van der Waals surface area contributed by atoms with Gasteiger partial charge >= 0.3 is 0 Å². The van der Waals surface area contributed by atoms with Crippen LogP contribution in [-0.4, -0.2) is 9.97 Å². The van der Waals surface area contributed by atoms with Gasteiger partial charge in [0.15, 0.2) is 0 Å². The Morgan fingerprint density at radius 2 is 1.95 bits per heavy atom. The SMILES string of the molecule is CCc1c(N)ncnc1Oc1cccc(C(C)(C)C)c1. The van der Waals surface area contributed by atoms with Crippen LogP contribution in [0.15, 0.2) is 30.6 Å². The normalized spacial score (nSPS) is 11.4. The van der Waals surface area contributed by atoms with Crippen LogP contribution < -0.4 is 10.5 Å². The number of anilines is 1. The van der Waals surface area contributed by atoms with Crippen LogP contribution in [-0.2, 0) is 11.8 Å². The molecule has 106 valence electrons. The standard InChI is InChI=1S/C16H21N3O/c1-5-13-14(17)18-10-19-15(13)20-12-8-6-7-11(9-12)16(2,3)4/h6-10H,5H2,1-4H3,(H2,17,18,19). The Labute approximate surface area is 120 Å². The van der Waals surface area contributed by atoms with E-state index in [-0.39, 0.29) is 5.41 Å². The zero-order valence-corrected chi connectivity index (χ0v) is 12.5. The van der Waals surface area contributed by atoms with Crippen LogP contribution in [0.25, 0.3) is 0 Å². The van der Waals surface area contributed by atoms with Crippen molar-refractivity contribution in [3.63, 3.8) is 0 Å². The smallest absolute Gasteiger partial charge is 0.227 e. The van der Waals surface area contributed by atoms with Gasteiger partial charge in [-0.05, 0) is 29.5 Å². The van der Waals surface area contributed by atoms with Crippen molar-refractivity contribution in [2.45, 2.75) is 39.5 Å². The summed E-state index contributed by atoms with van der Waals surface area (Å²) in [6, 6.07) is 8.05. The van der Waals surface area contributed by atoms with Gasteiger partial charge in [0.1, 0.15) is 17.9 Å². The first-order valence-corrected chi connectivity index (χ1v) is 6.79. The van der Waals surface area contributed by atoms with E-state index in [0.717, 1.165) is 17.7 Å². The van der Waals surface area contributed by atoms with E-state index >= 15 is 0 Å². The molecule has 4 heteroatoms. The van der Waals surface area contributed by atoms with Crippen LogP contribution in [0.2, 0.25) is 0 Å².